The molecule has 0 aliphatic rings. The Kier molecular flexibility index (Phi) is 7.48. The number of nitrogens with one attached hydrogen (secondary N) is 1. The van der Waals surface area contributed by atoms with Crippen molar-refractivity contribution >= 4 is 35.0 Å². The quantitative estimate of drug-likeness (QED) is 0.762. The van der Waals surface area contributed by atoms with E-state index in [0.29, 0.717) is 22.3 Å². The van der Waals surface area contributed by atoms with Crippen LogP contribution in [0.3, 0.4) is 0 Å². The second-order valence-corrected chi connectivity index (χ2v) is 7.49. The molecule has 1 rings (SSSR count). The molecule has 0 amide bonds. The topological polar surface area (TPSA) is 41.5 Å². The highest BCUT2D eigenvalue weighted by Crippen LogP contribution is 2.27. The number of thioether (sulfide) groups is 1. The molecule has 6 heteroatoms. The minimum atomic E-state index is -0.584. The van der Waals surface area contributed by atoms with Gasteiger partial charge in [0.25, 0.3) is 0 Å². The number of rotatable bonds is 8. The lowest BCUT2D eigenvalue weighted by Crippen LogP contribution is -2.38. The molecule has 0 bridgehead atoms. The van der Waals surface area contributed by atoms with Crippen LogP contribution in [-0.4, -0.2) is 41.9 Å². The molecule has 2 N–H and O–H groups in total. The molecule has 0 fully saturated rings. The summed E-state index contributed by atoms with van der Waals surface area (Å²) in [6, 6.07) is 5.01. The molecular formula is C14H21Cl2NO2S. The summed E-state index contributed by atoms with van der Waals surface area (Å²) in [7, 11) is 0. The first-order chi connectivity index (χ1) is 9.34. The van der Waals surface area contributed by atoms with Gasteiger partial charge in [0.05, 0.1) is 5.02 Å². The van der Waals surface area contributed by atoms with Gasteiger partial charge in [-0.05, 0) is 38.3 Å². The van der Waals surface area contributed by atoms with Crippen LogP contribution in [0.15, 0.2) is 18.2 Å². The summed E-state index contributed by atoms with van der Waals surface area (Å²) in [4.78, 5) is 0. The molecular weight excluding hydrogens is 317 g/mol. The standard InChI is InChI=1S/C14H21Cl2NO2S/c1-14(2,20-3)9-17-7-11(18)8-19-13-5-4-10(15)6-12(13)16/h4-6,11,17-18H,7-9H2,1-3H3. The smallest absolute Gasteiger partial charge is 0.138 e. The van der Waals surface area contributed by atoms with Crippen LogP contribution < -0.4 is 10.1 Å². The first-order valence-electron chi connectivity index (χ1n) is 6.36. The summed E-state index contributed by atoms with van der Waals surface area (Å²) in [5.41, 5.74) is 0. The summed E-state index contributed by atoms with van der Waals surface area (Å²) >= 11 is 13.6. The van der Waals surface area contributed by atoms with Gasteiger partial charge in [0, 0.05) is 22.9 Å². The first kappa shape index (κ1) is 17.9. The summed E-state index contributed by atoms with van der Waals surface area (Å²) < 4.78 is 5.63. The van der Waals surface area contributed by atoms with Gasteiger partial charge in [-0.1, -0.05) is 23.2 Å². The normalized spacial score (nSPS) is 13.3. The average molecular weight is 338 g/mol. The second kappa shape index (κ2) is 8.35. The van der Waals surface area contributed by atoms with E-state index >= 15 is 0 Å². The van der Waals surface area contributed by atoms with Crippen molar-refractivity contribution in [3.63, 3.8) is 0 Å². The monoisotopic (exact) mass is 337 g/mol. The van der Waals surface area contributed by atoms with Crippen LogP contribution in [0.5, 0.6) is 5.75 Å². The number of hydrogen-bond acceptors (Lipinski definition) is 4. The summed E-state index contributed by atoms with van der Waals surface area (Å²) in [6.07, 6.45) is 1.49. The van der Waals surface area contributed by atoms with E-state index in [1.807, 2.05) is 0 Å². The predicted molar refractivity (Wildman–Crippen MR) is 88.4 cm³/mol. The molecule has 0 aliphatic carbocycles. The Morgan fingerprint density at radius 1 is 1.40 bits per heavy atom. The molecule has 0 spiro atoms. The molecule has 0 aromatic heterocycles. The Labute approximate surface area is 135 Å². The Morgan fingerprint density at radius 3 is 2.70 bits per heavy atom. The third kappa shape index (κ3) is 6.55. The minimum Gasteiger partial charge on any atom is -0.489 e. The van der Waals surface area contributed by atoms with Crippen molar-refractivity contribution in [1.29, 1.82) is 0 Å². The van der Waals surface area contributed by atoms with Crippen molar-refractivity contribution in [1.82, 2.24) is 5.32 Å². The van der Waals surface area contributed by atoms with Crippen molar-refractivity contribution in [3.05, 3.63) is 28.2 Å². The number of aliphatic hydroxyl groups excluding tert-OH is 1. The van der Waals surface area contributed by atoms with Gasteiger partial charge in [-0.3, -0.25) is 0 Å². The lowest BCUT2D eigenvalue weighted by atomic mass is 10.2. The van der Waals surface area contributed by atoms with Gasteiger partial charge < -0.3 is 15.2 Å². The maximum absolute atomic E-state index is 9.86. The molecule has 1 aromatic rings. The SMILES string of the molecule is CSC(C)(C)CNCC(O)COc1ccc(Cl)cc1Cl. The maximum atomic E-state index is 9.86. The molecule has 0 saturated carbocycles. The van der Waals surface area contributed by atoms with Crippen molar-refractivity contribution < 1.29 is 9.84 Å². The zero-order chi connectivity index (χ0) is 15.2. The fourth-order valence-electron chi connectivity index (χ4n) is 1.45. The molecule has 0 radical (unpaired) electrons. The van der Waals surface area contributed by atoms with Crippen LogP contribution in [-0.2, 0) is 0 Å². The fourth-order valence-corrected chi connectivity index (χ4v) is 2.16. The zero-order valence-electron chi connectivity index (χ0n) is 12.0. The van der Waals surface area contributed by atoms with Crippen molar-refractivity contribution in [2.45, 2.75) is 24.7 Å². The summed E-state index contributed by atoms with van der Waals surface area (Å²) in [5, 5.41) is 14.1. The molecule has 1 unspecified atom stereocenters. The number of benzene rings is 1. The molecule has 1 atom stereocenters. The van der Waals surface area contributed by atoms with Crippen LogP contribution in [0.2, 0.25) is 10.0 Å². The van der Waals surface area contributed by atoms with E-state index in [2.05, 4.69) is 25.4 Å². The second-order valence-electron chi connectivity index (χ2n) is 5.13. The largest absolute Gasteiger partial charge is 0.489 e. The molecule has 3 nitrogen and oxygen atoms in total. The fraction of sp³-hybridized carbons (Fsp3) is 0.571. The van der Waals surface area contributed by atoms with E-state index in [4.69, 9.17) is 27.9 Å². The highest BCUT2D eigenvalue weighted by atomic mass is 35.5. The van der Waals surface area contributed by atoms with E-state index < -0.39 is 6.10 Å². The van der Waals surface area contributed by atoms with Crippen molar-refractivity contribution in [3.8, 4) is 5.75 Å². The maximum Gasteiger partial charge on any atom is 0.138 e. The zero-order valence-corrected chi connectivity index (χ0v) is 14.3. The van der Waals surface area contributed by atoms with Crippen LogP contribution in [0, 0.1) is 0 Å². The van der Waals surface area contributed by atoms with Crippen molar-refractivity contribution in [2.24, 2.45) is 0 Å². The number of halogens is 2. The van der Waals surface area contributed by atoms with Gasteiger partial charge in [-0.25, -0.2) is 0 Å². The Hall–Kier alpha value is -0.130. The van der Waals surface area contributed by atoms with E-state index in [0.717, 1.165) is 6.54 Å². The number of hydrogen-bond donors (Lipinski definition) is 2. The third-order valence-corrected chi connectivity index (χ3v) is 4.59. The molecule has 0 saturated heterocycles. The highest BCUT2D eigenvalue weighted by molar-refractivity contribution is 7.99. The molecule has 114 valence electrons. The van der Waals surface area contributed by atoms with Crippen molar-refractivity contribution in [2.75, 3.05) is 26.0 Å². The van der Waals surface area contributed by atoms with Gasteiger partial charge >= 0.3 is 0 Å². The number of aliphatic hydroxyl groups is 1. The Bertz CT molecular complexity index is 430. The van der Waals surface area contributed by atoms with E-state index in [9.17, 15) is 5.11 Å². The summed E-state index contributed by atoms with van der Waals surface area (Å²) in [6.45, 7) is 5.80. The van der Waals surface area contributed by atoms with Gasteiger partial charge in [0.1, 0.15) is 18.5 Å². The molecule has 0 aliphatic heterocycles. The lowest BCUT2D eigenvalue weighted by Gasteiger charge is -2.23. The van der Waals surface area contributed by atoms with E-state index in [1.54, 1.807) is 30.0 Å². The van der Waals surface area contributed by atoms with Crippen LogP contribution in [0.1, 0.15) is 13.8 Å². The minimum absolute atomic E-state index is 0.153. The Morgan fingerprint density at radius 2 is 2.10 bits per heavy atom. The van der Waals surface area contributed by atoms with Crippen LogP contribution in [0.25, 0.3) is 0 Å². The van der Waals surface area contributed by atoms with E-state index in [-0.39, 0.29) is 11.4 Å². The molecule has 20 heavy (non-hydrogen) atoms. The molecule has 1 aromatic carbocycles. The van der Waals surface area contributed by atoms with Crippen LogP contribution in [0.4, 0.5) is 0 Å². The van der Waals surface area contributed by atoms with E-state index in [1.165, 1.54) is 0 Å². The first-order valence-corrected chi connectivity index (χ1v) is 8.34. The highest BCUT2D eigenvalue weighted by Gasteiger charge is 2.16. The van der Waals surface area contributed by atoms with Gasteiger partial charge in [0.2, 0.25) is 0 Å². The summed E-state index contributed by atoms with van der Waals surface area (Å²) in [5.74, 6) is 0.527. The number of ether oxygens (including phenoxy) is 1. The lowest BCUT2D eigenvalue weighted by molar-refractivity contribution is 0.106. The van der Waals surface area contributed by atoms with Gasteiger partial charge in [-0.15, -0.1) is 0 Å². The Balaban J connectivity index is 2.31. The van der Waals surface area contributed by atoms with Gasteiger partial charge in [-0.2, -0.15) is 11.8 Å². The van der Waals surface area contributed by atoms with Gasteiger partial charge in [0.15, 0.2) is 0 Å². The predicted octanol–water partition coefficient (Wildman–Crippen LogP) is 3.46. The third-order valence-electron chi connectivity index (χ3n) is 2.81. The average Bonchev–Trinajstić information content (AvgIpc) is 2.37. The van der Waals surface area contributed by atoms with Crippen LogP contribution >= 0.6 is 35.0 Å². The molecule has 0 heterocycles.